The SMILES string of the molecule is CSc1ccc(S(=O)(=O)N2CCC(C)CC2)cc1C(=O)N1CCCCCC1. The first kappa shape index (κ1) is 20.7. The van der Waals surface area contributed by atoms with E-state index in [9.17, 15) is 13.2 Å². The molecule has 0 aromatic heterocycles. The molecule has 1 aromatic rings. The fourth-order valence-corrected chi connectivity index (χ4v) is 5.90. The Balaban J connectivity index is 1.89. The second-order valence-electron chi connectivity index (χ2n) is 7.66. The lowest BCUT2D eigenvalue weighted by Gasteiger charge is -2.29. The van der Waals surface area contributed by atoms with E-state index in [0.717, 1.165) is 56.5 Å². The standard InChI is InChI=1S/C20H30N2O3S2/c1-16-9-13-22(14-10-16)27(24,25)17-7-8-19(26-2)18(15-17)20(23)21-11-5-3-4-6-12-21/h7-8,15-16H,3-6,9-14H2,1-2H3. The van der Waals surface area contributed by atoms with E-state index in [1.165, 1.54) is 11.8 Å². The molecule has 5 nitrogen and oxygen atoms in total. The molecule has 0 N–H and O–H groups in total. The summed E-state index contributed by atoms with van der Waals surface area (Å²) < 4.78 is 27.8. The Morgan fingerprint density at radius 1 is 1.04 bits per heavy atom. The molecular weight excluding hydrogens is 380 g/mol. The van der Waals surface area contributed by atoms with Crippen LogP contribution in [-0.4, -0.2) is 56.0 Å². The van der Waals surface area contributed by atoms with Crippen molar-refractivity contribution < 1.29 is 13.2 Å². The zero-order valence-electron chi connectivity index (χ0n) is 16.3. The molecular formula is C20H30N2O3S2. The van der Waals surface area contributed by atoms with E-state index in [1.54, 1.807) is 22.5 Å². The van der Waals surface area contributed by atoms with Gasteiger partial charge < -0.3 is 4.90 Å². The molecule has 3 rings (SSSR count). The predicted molar refractivity (Wildman–Crippen MR) is 110 cm³/mol. The van der Waals surface area contributed by atoms with E-state index in [2.05, 4.69) is 6.92 Å². The van der Waals surface area contributed by atoms with Crippen molar-refractivity contribution in [2.75, 3.05) is 32.4 Å². The fourth-order valence-electron chi connectivity index (χ4n) is 3.83. The van der Waals surface area contributed by atoms with Gasteiger partial charge in [0.1, 0.15) is 0 Å². The summed E-state index contributed by atoms with van der Waals surface area (Å²) in [5.74, 6) is 0.529. The highest BCUT2D eigenvalue weighted by Crippen LogP contribution is 2.29. The molecule has 2 aliphatic rings. The molecule has 150 valence electrons. The van der Waals surface area contributed by atoms with Crippen LogP contribution < -0.4 is 0 Å². The predicted octanol–water partition coefficient (Wildman–Crippen LogP) is 3.85. The van der Waals surface area contributed by atoms with Crippen molar-refractivity contribution in [3.63, 3.8) is 0 Å². The van der Waals surface area contributed by atoms with Crippen molar-refractivity contribution in [1.82, 2.24) is 9.21 Å². The summed E-state index contributed by atoms with van der Waals surface area (Å²) in [5.41, 5.74) is 0.524. The first-order valence-corrected chi connectivity index (χ1v) is 12.6. The molecule has 27 heavy (non-hydrogen) atoms. The van der Waals surface area contributed by atoms with Gasteiger partial charge in [-0.25, -0.2) is 8.42 Å². The van der Waals surface area contributed by atoms with Crippen LogP contribution in [0.15, 0.2) is 28.0 Å². The van der Waals surface area contributed by atoms with Crippen molar-refractivity contribution in [3.05, 3.63) is 23.8 Å². The number of rotatable bonds is 4. The minimum atomic E-state index is -3.55. The third kappa shape index (κ3) is 4.69. The summed E-state index contributed by atoms with van der Waals surface area (Å²) >= 11 is 1.49. The minimum absolute atomic E-state index is 0.0365. The van der Waals surface area contributed by atoms with Crippen LogP contribution >= 0.6 is 11.8 Å². The molecule has 0 radical (unpaired) electrons. The number of sulfonamides is 1. The number of thioether (sulfide) groups is 1. The molecule has 2 heterocycles. The van der Waals surface area contributed by atoms with Crippen LogP contribution in [0.3, 0.4) is 0 Å². The second-order valence-corrected chi connectivity index (χ2v) is 10.4. The average molecular weight is 411 g/mol. The van der Waals surface area contributed by atoms with E-state index in [0.29, 0.717) is 24.6 Å². The maximum absolute atomic E-state index is 13.1. The van der Waals surface area contributed by atoms with Crippen LogP contribution in [0, 0.1) is 5.92 Å². The van der Waals surface area contributed by atoms with Crippen LogP contribution in [0.25, 0.3) is 0 Å². The van der Waals surface area contributed by atoms with Crippen LogP contribution in [0.5, 0.6) is 0 Å². The maximum atomic E-state index is 13.1. The monoisotopic (exact) mass is 410 g/mol. The van der Waals surface area contributed by atoms with Crippen LogP contribution in [0.1, 0.15) is 55.8 Å². The summed E-state index contributed by atoms with van der Waals surface area (Å²) in [5, 5.41) is 0. The summed E-state index contributed by atoms with van der Waals surface area (Å²) in [6.07, 6.45) is 8.05. The number of likely N-dealkylation sites (tertiary alicyclic amines) is 1. The van der Waals surface area contributed by atoms with E-state index >= 15 is 0 Å². The first-order valence-electron chi connectivity index (χ1n) is 9.91. The molecule has 0 unspecified atom stereocenters. The second kappa shape index (κ2) is 8.97. The van der Waals surface area contributed by atoms with Crippen molar-refractivity contribution in [1.29, 1.82) is 0 Å². The lowest BCUT2D eigenvalue weighted by molar-refractivity contribution is 0.0758. The molecule has 0 saturated carbocycles. The van der Waals surface area contributed by atoms with E-state index in [1.807, 2.05) is 11.2 Å². The summed E-state index contributed by atoms with van der Waals surface area (Å²) in [7, 11) is -3.55. The van der Waals surface area contributed by atoms with Gasteiger partial charge in [0.25, 0.3) is 5.91 Å². The number of piperidine rings is 1. The van der Waals surface area contributed by atoms with Gasteiger partial charge in [0, 0.05) is 31.1 Å². The van der Waals surface area contributed by atoms with Gasteiger partial charge in [-0.3, -0.25) is 4.79 Å². The highest BCUT2D eigenvalue weighted by Gasteiger charge is 2.30. The minimum Gasteiger partial charge on any atom is -0.339 e. The van der Waals surface area contributed by atoms with E-state index in [4.69, 9.17) is 0 Å². The molecule has 0 aliphatic carbocycles. The topological polar surface area (TPSA) is 57.7 Å². The number of hydrogen-bond acceptors (Lipinski definition) is 4. The average Bonchev–Trinajstić information content (AvgIpc) is 2.96. The van der Waals surface area contributed by atoms with Crippen LogP contribution in [0.2, 0.25) is 0 Å². The number of carbonyl (C=O) groups is 1. The summed E-state index contributed by atoms with van der Waals surface area (Å²) in [6.45, 7) is 4.79. The number of amides is 1. The summed E-state index contributed by atoms with van der Waals surface area (Å²) in [6, 6.07) is 5.04. The largest absolute Gasteiger partial charge is 0.339 e. The molecule has 2 aliphatic heterocycles. The maximum Gasteiger partial charge on any atom is 0.255 e. The van der Waals surface area contributed by atoms with Gasteiger partial charge in [-0.05, 0) is 56.1 Å². The Kier molecular flexibility index (Phi) is 6.87. The Bertz CT molecular complexity index is 763. The van der Waals surface area contributed by atoms with Crippen molar-refractivity contribution in [2.45, 2.75) is 55.2 Å². The Morgan fingerprint density at radius 3 is 2.26 bits per heavy atom. The lowest BCUT2D eigenvalue weighted by atomic mass is 10.0. The number of benzene rings is 1. The normalized spacial score (nSPS) is 20.4. The van der Waals surface area contributed by atoms with E-state index in [-0.39, 0.29) is 10.8 Å². The number of hydrogen-bond donors (Lipinski definition) is 0. The smallest absolute Gasteiger partial charge is 0.255 e. The van der Waals surface area contributed by atoms with E-state index < -0.39 is 10.0 Å². The molecule has 1 amide bonds. The van der Waals surface area contributed by atoms with Crippen LogP contribution in [-0.2, 0) is 10.0 Å². The quantitative estimate of drug-likeness (QED) is 0.708. The Labute approximate surface area is 167 Å². The summed E-state index contributed by atoms with van der Waals surface area (Å²) in [4.78, 5) is 16.1. The van der Waals surface area contributed by atoms with Gasteiger partial charge >= 0.3 is 0 Å². The highest BCUT2D eigenvalue weighted by molar-refractivity contribution is 7.98. The molecule has 0 bridgehead atoms. The molecule has 7 heteroatoms. The third-order valence-corrected chi connectivity index (χ3v) is 8.37. The molecule has 2 fully saturated rings. The molecule has 0 atom stereocenters. The van der Waals surface area contributed by atoms with Gasteiger partial charge in [-0.2, -0.15) is 4.31 Å². The zero-order chi connectivity index (χ0) is 19.4. The molecule has 1 aromatic carbocycles. The zero-order valence-corrected chi connectivity index (χ0v) is 17.9. The van der Waals surface area contributed by atoms with Gasteiger partial charge in [-0.15, -0.1) is 11.8 Å². The fraction of sp³-hybridized carbons (Fsp3) is 0.650. The molecule has 0 spiro atoms. The Morgan fingerprint density at radius 2 is 1.67 bits per heavy atom. The van der Waals surface area contributed by atoms with Gasteiger partial charge in [-0.1, -0.05) is 19.8 Å². The van der Waals surface area contributed by atoms with Gasteiger partial charge in [0.15, 0.2) is 0 Å². The van der Waals surface area contributed by atoms with Gasteiger partial charge in [0.2, 0.25) is 10.0 Å². The van der Waals surface area contributed by atoms with Crippen molar-refractivity contribution >= 4 is 27.7 Å². The first-order chi connectivity index (χ1) is 12.9. The van der Waals surface area contributed by atoms with Crippen molar-refractivity contribution in [3.8, 4) is 0 Å². The van der Waals surface area contributed by atoms with Crippen molar-refractivity contribution in [2.24, 2.45) is 5.92 Å². The highest BCUT2D eigenvalue weighted by atomic mass is 32.2. The van der Waals surface area contributed by atoms with Gasteiger partial charge in [0.05, 0.1) is 10.5 Å². The third-order valence-electron chi connectivity index (χ3n) is 5.68. The lowest BCUT2D eigenvalue weighted by Crippen LogP contribution is -2.38. The molecule has 2 saturated heterocycles. The van der Waals surface area contributed by atoms with Crippen LogP contribution in [0.4, 0.5) is 0 Å². The number of nitrogens with zero attached hydrogens (tertiary/aromatic N) is 2. The Hall–Kier alpha value is -1.05. The number of carbonyl (C=O) groups excluding carboxylic acids is 1.